The number of hydrogen-bond donors (Lipinski definition) is 4. The van der Waals surface area contributed by atoms with E-state index >= 15 is 0 Å². The van der Waals surface area contributed by atoms with E-state index in [1.165, 1.54) is 0 Å². The van der Waals surface area contributed by atoms with Gasteiger partial charge in [0.05, 0.1) is 17.3 Å². The lowest BCUT2D eigenvalue weighted by Gasteiger charge is -2.15. The first-order valence-corrected chi connectivity index (χ1v) is 10.4. The first kappa shape index (κ1) is 19.7. The van der Waals surface area contributed by atoms with Crippen LogP contribution in [-0.2, 0) is 11.3 Å². The third-order valence-corrected chi connectivity index (χ3v) is 5.30. The van der Waals surface area contributed by atoms with Gasteiger partial charge in [-0.15, -0.1) is 0 Å². The number of aromatic nitrogens is 3. The summed E-state index contributed by atoms with van der Waals surface area (Å²) in [5, 5.41) is 23.2. The Balaban J connectivity index is 1.47. The van der Waals surface area contributed by atoms with Gasteiger partial charge in [0.1, 0.15) is 11.6 Å². The van der Waals surface area contributed by atoms with Crippen LogP contribution in [-0.4, -0.2) is 38.3 Å². The Morgan fingerprint density at radius 1 is 1.34 bits per heavy atom. The summed E-state index contributed by atoms with van der Waals surface area (Å²) < 4.78 is 2.51. The number of fused-ring (bicyclic) bond motifs is 1. The second-order valence-electron chi connectivity index (χ2n) is 7.30. The van der Waals surface area contributed by atoms with E-state index in [9.17, 15) is 9.90 Å². The fourth-order valence-corrected chi connectivity index (χ4v) is 3.27. The van der Waals surface area contributed by atoms with Crippen molar-refractivity contribution in [2.45, 2.75) is 32.4 Å². The van der Waals surface area contributed by atoms with E-state index in [0.29, 0.717) is 18.0 Å². The third kappa shape index (κ3) is 4.68. The van der Waals surface area contributed by atoms with Gasteiger partial charge in [-0.1, -0.05) is 12.1 Å². The van der Waals surface area contributed by atoms with Crippen LogP contribution in [0.25, 0.3) is 5.65 Å². The number of halogens is 1. The topological polar surface area (TPSA) is 104 Å². The van der Waals surface area contributed by atoms with Gasteiger partial charge in [0.25, 0.3) is 0 Å². The molecule has 1 amide bonds. The summed E-state index contributed by atoms with van der Waals surface area (Å²) in [6.07, 6.45) is 3.68. The largest absolute Gasteiger partial charge is 0.394 e. The SMILES string of the molecule is CC(CO)Nc1cc(NCc2ccc(NC(=O)C3CC3)cc2)n2ncc(Br)c2n1. The second-order valence-corrected chi connectivity index (χ2v) is 8.15. The molecule has 8 nitrogen and oxygen atoms in total. The molecule has 0 bridgehead atoms. The van der Waals surface area contributed by atoms with E-state index in [-0.39, 0.29) is 24.5 Å². The summed E-state index contributed by atoms with van der Waals surface area (Å²) in [7, 11) is 0. The van der Waals surface area contributed by atoms with Crippen molar-refractivity contribution in [3.8, 4) is 0 Å². The van der Waals surface area contributed by atoms with Gasteiger partial charge in [0.15, 0.2) is 5.65 Å². The highest BCUT2D eigenvalue weighted by molar-refractivity contribution is 9.10. The molecule has 1 atom stereocenters. The van der Waals surface area contributed by atoms with Gasteiger partial charge in [0, 0.05) is 30.3 Å². The van der Waals surface area contributed by atoms with Crippen molar-refractivity contribution < 1.29 is 9.90 Å². The van der Waals surface area contributed by atoms with E-state index in [4.69, 9.17) is 0 Å². The van der Waals surface area contributed by atoms with Crippen molar-refractivity contribution in [2.24, 2.45) is 5.92 Å². The molecule has 1 fully saturated rings. The van der Waals surface area contributed by atoms with Gasteiger partial charge in [-0.2, -0.15) is 9.61 Å². The molecular formula is C20H23BrN6O2. The first-order valence-electron chi connectivity index (χ1n) is 9.59. The van der Waals surface area contributed by atoms with Crippen molar-refractivity contribution in [1.29, 1.82) is 0 Å². The molecule has 152 valence electrons. The average molecular weight is 459 g/mol. The minimum Gasteiger partial charge on any atom is -0.394 e. The molecule has 4 N–H and O–H groups in total. The lowest BCUT2D eigenvalue weighted by molar-refractivity contribution is -0.117. The van der Waals surface area contributed by atoms with Gasteiger partial charge in [-0.05, 0) is 53.4 Å². The number of carbonyl (C=O) groups is 1. The van der Waals surface area contributed by atoms with Crippen molar-refractivity contribution in [3.05, 3.63) is 46.6 Å². The van der Waals surface area contributed by atoms with Crippen molar-refractivity contribution in [2.75, 3.05) is 22.6 Å². The minimum absolute atomic E-state index is 0.0136. The van der Waals surface area contributed by atoms with E-state index in [2.05, 4.69) is 42.0 Å². The first-order chi connectivity index (χ1) is 14.0. The average Bonchev–Trinajstić information content (AvgIpc) is 3.51. The zero-order chi connectivity index (χ0) is 20.4. The quantitative estimate of drug-likeness (QED) is 0.413. The molecule has 0 spiro atoms. The molecule has 1 aromatic carbocycles. The monoisotopic (exact) mass is 458 g/mol. The lowest BCUT2D eigenvalue weighted by atomic mass is 10.2. The van der Waals surface area contributed by atoms with E-state index in [1.54, 1.807) is 10.7 Å². The molecule has 1 aliphatic carbocycles. The van der Waals surface area contributed by atoms with Crippen molar-refractivity contribution in [1.82, 2.24) is 14.6 Å². The number of benzene rings is 1. The number of hydrogen-bond acceptors (Lipinski definition) is 6. The summed E-state index contributed by atoms with van der Waals surface area (Å²) in [4.78, 5) is 16.4. The van der Waals surface area contributed by atoms with Gasteiger partial charge in [0.2, 0.25) is 5.91 Å². The predicted octanol–water partition coefficient (Wildman–Crippen LogP) is 3.25. The van der Waals surface area contributed by atoms with Crippen LogP contribution in [0, 0.1) is 5.92 Å². The van der Waals surface area contributed by atoms with Crippen LogP contribution in [0.4, 0.5) is 17.3 Å². The number of aliphatic hydroxyl groups excluding tert-OH is 1. The number of rotatable bonds is 8. The highest BCUT2D eigenvalue weighted by Gasteiger charge is 2.29. The zero-order valence-corrected chi connectivity index (χ0v) is 17.6. The summed E-state index contributed by atoms with van der Waals surface area (Å²) in [6, 6.07) is 9.56. The second kappa shape index (κ2) is 8.38. The Morgan fingerprint density at radius 3 is 2.79 bits per heavy atom. The highest BCUT2D eigenvalue weighted by atomic mass is 79.9. The van der Waals surface area contributed by atoms with Crippen LogP contribution in [0.15, 0.2) is 41.0 Å². The van der Waals surface area contributed by atoms with Crippen LogP contribution in [0.5, 0.6) is 0 Å². The molecule has 3 aromatic rings. The Morgan fingerprint density at radius 2 is 2.10 bits per heavy atom. The summed E-state index contributed by atoms with van der Waals surface area (Å²) in [5.41, 5.74) is 2.57. The van der Waals surface area contributed by atoms with Crippen LogP contribution in [0.2, 0.25) is 0 Å². The Hall–Kier alpha value is -2.65. The van der Waals surface area contributed by atoms with Gasteiger partial charge >= 0.3 is 0 Å². The maximum absolute atomic E-state index is 11.9. The molecule has 9 heteroatoms. The molecule has 2 aromatic heterocycles. The molecular weight excluding hydrogens is 436 g/mol. The van der Waals surface area contributed by atoms with E-state index in [1.807, 2.05) is 37.3 Å². The van der Waals surface area contributed by atoms with Gasteiger partial charge in [-0.3, -0.25) is 4.79 Å². The Bertz CT molecular complexity index is 1020. The third-order valence-electron chi connectivity index (χ3n) is 4.74. The maximum Gasteiger partial charge on any atom is 0.227 e. The van der Waals surface area contributed by atoms with Gasteiger partial charge < -0.3 is 21.1 Å². The van der Waals surface area contributed by atoms with Crippen molar-refractivity contribution in [3.63, 3.8) is 0 Å². The smallest absolute Gasteiger partial charge is 0.227 e. The van der Waals surface area contributed by atoms with Crippen LogP contribution in [0.3, 0.4) is 0 Å². The lowest BCUT2D eigenvalue weighted by Crippen LogP contribution is -2.20. The number of amides is 1. The standard InChI is InChI=1S/C20H23BrN6O2/c1-12(11-28)24-17-8-18(27-19(26-17)16(21)10-23-27)22-9-13-2-6-15(7-3-13)25-20(29)14-4-5-14/h2-3,6-8,10,12,14,22,28H,4-5,9,11H2,1H3,(H,24,26)(H,25,29). The number of carbonyl (C=O) groups excluding carboxylic acids is 1. The Kier molecular flexibility index (Phi) is 5.68. The number of nitrogens with zero attached hydrogens (tertiary/aromatic N) is 3. The highest BCUT2D eigenvalue weighted by Crippen LogP contribution is 2.30. The molecule has 1 saturated carbocycles. The predicted molar refractivity (Wildman–Crippen MR) is 116 cm³/mol. The van der Waals surface area contributed by atoms with Crippen molar-refractivity contribution >= 4 is 44.8 Å². The number of aliphatic hydroxyl groups is 1. The maximum atomic E-state index is 11.9. The summed E-state index contributed by atoms with van der Waals surface area (Å²) in [5.74, 6) is 1.73. The summed E-state index contributed by atoms with van der Waals surface area (Å²) >= 11 is 3.47. The molecule has 1 unspecified atom stereocenters. The van der Waals surface area contributed by atoms with Gasteiger partial charge in [-0.25, -0.2) is 4.98 Å². The van der Waals surface area contributed by atoms with Crippen LogP contribution in [0.1, 0.15) is 25.3 Å². The van der Waals surface area contributed by atoms with Crippen LogP contribution >= 0.6 is 15.9 Å². The molecule has 0 saturated heterocycles. The zero-order valence-electron chi connectivity index (χ0n) is 16.0. The molecule has 4 rings (SSSR count). The van der Waals surface area contributed by atoms with E-state index in [0.717, 1.165) is 34.4 Å². The number of anilines is 3. The number of nitrogens with one attached hydrogen (secondary N) is 3. The fourth-order valence-electron chi connectivity index (χ4n) is 2.92. The molecule has 29 heavy (non-hydrogen) atoms. The summed E-state index contributed by atoms with van der Waals surface area (Å²) in [6.45, 7) is 2.48. The molecule has 1 aliphatic rings. The fraction of sp³-hybridized carbons (Fsp3) is 0.350. The Labute approximate surface area is 176 Å². The molecule has 0 radical (unpaired) electrons. The van der Waals surface area contributed by atoms with Crippen LogP contribution < -0.4 is 16.0 Å². The van der Waals surface area contributed by atoms with E-state index < -0.39 is 0 Å². The molecule has 2 heterocycles. The minimum atomic E-state index is -0.113. The normalized spacial score (nSPS) is 14.6. The molecule has 0 aliphatic heterocycles.